The van der Waals surface area contributed by atoms with Crippen LogP contribution in [-0.4, -0.2) is 141 Å². The van der Waals surface area contributed by atoms with Gasteiger partial charge in [-0.15, -0.1) is 0 Å². The summed E-state index contributed by atoms with van der Waals surface area (Å²) in [6.07, 6.45) is 1.73. The third-order valence-corrected chi connectivity index (χ3v) is 61.2. The molecule has 0 heterocycles. The van der Waals surface area contributed by atoms with Crippen LogP contribution in [0.3, 0.4) is 0 Å². The second-order valence-electron chi connectivity index (χ2n) is 31.1. The molecule has 0 N–H and O–H groups in total. The second kappa shape index (κ2) is 27.4. The van der Waals surface area contributed by atoms with E-state index in [1.165, 1.54) is 0 Å². The summed E-state index contributed by atoms with van der Waals surface area (Å²) in [5.41, 5.74) is 0. The average Bonchev–Trinajstić information content (AvgIpc) is 3.00. The largest absolute Gasteiger partial charge is 0.719 e. The van der Waals surface area contributed by atoms with Crippen LogP contribution in [0.4, 0.5) is 0 Å². The predicted molar refractivity (Wildman–Crippen MR) is 353 cm³/mol. The van der Waals surface area contributed by atoms with Crippen molar-refractivity contribution in [1.29, 1.82) is 0 Å². The first kappa shape index (κ1) is 76.5. The fourth-order valence-electron chi connectivity index (χ4n) is 8.01. The first-order chi connectivity index (χ1) is 32.1. The molecular formula is C44H120O14Si16. The van der Waals surface area contributed by atoms with Gasteiger partial charge in [0.2, 0.25) is 0 Å². The SMILES string of the molecule is CCCCC(=O)O[Si](O[Si](C)(C)CC[Si](O[Si](C)(C)C)(O[Si](C)(C)C)O[Si](C)(C)C)(O[Si](C)(C)CC[Si](O[Si](C)(C)C)(O[Si](C)(C)C)O[Si](C)(C)C)O[Si](C)(C)CC[Si](O[Si](C)(C)C)(O[Si](C)(C)C)O[Si](C)(C)C. The Morgan fingerprint density at radius 1 is 0.270 bits per heavy atom. The first-order valence-corrected chi connectivity index (χ1v) is 75.1. The Morgan fingerprint density at radius 2 is 0.446 bits per heavy atom. The number of carbonyl (C=O) groups excluding carboxylic acids is 1. The Bertz CT molecular complexity index is 1420. The minimum absolute atomic E-state index is 0.226. The lowest BCUT2D eigenvalue weighted by molar-refractivity contribution is -0.140. The van der Waals surface area contributed by atoms with Crippen molar-refractivity contribution in [2.24, 2.45) is 0 Å². The van der Waals surface area contributed by atoms with E-state index >= 15 is 0 Å². The van der Waals surface area contributed by atoms with Gasteiger partial charge in [-0.2, -0.15) is 0 Å². The molecule has 0 rings (SSSR count). The topological polar surface area (TPSA) is 137 Å². The van der Waals surface area contributed by atoms with Crippen LogP contribution < -0.4 is 0 Å². The second-order valence-corrected chi connectivity index (χ2v) is 97.8. The highest BCUT2D eigenvalue weighted by Crippen LogP contribution is 2.40. The van der Waals surface area contributed by atoms with Gasteiger partial charge in [0.15, 0.2) is 99.8 Å². The van der Waals surface area contributed by atoms with E-state index in [9.17, 15) is 4.79 Å². The first-order valence-electron chi connectivity index (χ1n) is 27.7. The van der Waals surface area contributed by atoms with Crippen LogP contribution in [0.25, 0.3) is 0 Å². The summed E-state index contributed by atoms with van der Waals surface area (Å²) in [6, 6.07) is 3.61. The highest BCUT2D eigenvalue weighted by molar-refractivity contribution is 6.95. The van der Waals surface area contributed by atoms with Crippen LogP contribution in [0.5, 0.6) is 0 Å². The fraction of sp³-hybridized carbons (Fsp3) is 0.977. The molecule has 0 aromatic rings. The van der Waals surface area contributed by atoms with Gasteiger partial charge in [0.1, 0.15) is 0 Å². The highest BCUT2D eigenvalue weighted by Gasteiger charge is 2.62. The zero-order valence-corrected chi connectivity index (χ0v) is 70.6. The van der Waals surface area contributed by atoms with Crippen molar-refractivity contribution < 1.29 is 58.6 Å². The van der Waals surface area contributed by atoms with E-state index in [0.29, 0.717) is 42.7 Å². The standard InChI is InChI=1S/C44H120O14Si16/c1-35-36-37-44(45)46-74(56-68(29,30)38-41-71(47-59(2,3)4,48-60(5,6)7)49-61(8,9)10,57-69(31,32)39-42-72(50-62(11,12)13,51-63(14,15)16)52-64(17,18)19)58-70(33,34)40-43-73(53-65(20,21)22,54-66(23,24)25)55-67(26,27)28/h35-43H2,1-34H3. The Morgan fingerprint density at radius 3 is 0.595 bits per heavy atom. The molecule has 74 heavy (non-hydrogen) atoms. The third-order valence-electron chi connectivity index (χ3n) is 9.43. The summed E-state index contributed by atoms with van der Waals surface area (Å²) < 4.78 is 94.9. The number of hydrogen-bond donors (Lipinski definition) is 0. The van der Waals surface area contributed by atoms with Crippen LogP contribution in [0.15, 0.2) is 0 Å². The number of unbranched alkanes of at least 4 members (excludes halogenated alkanes) is 1. The summed E-state index contributed by atoms with van der Waals surface area (Å²) in [4.78, 5) is 14.5. The molecule has 0 aromatic heterocycles. The minimum Gasteiger partial charge on any atom is -0.453 e. The molecule has 0 aliphatic carbocycles. The molecule has 444 valence electrons. The van der Waals surface area contributed by atoms with Gasteiger partial charge in [0.05, 0.1) is 0 Å². The number of rotatable bonds is 37. The normalized spacial score (nSPS) is 15.5. The van der Waals surface area contributed by atoms with Crippen LogP contribution in [0.1, 0.15) is 26.2 Å². The monoisotopic (exact) mass is 1320 g/mol. The van der Waals surface area contributed by atoms with Crippen molar-refractivity contribution in [3.05, 3.63) is 0 Å². The van der Waals surface area contributed by atoms with Crippen LogP contribution in [0, 0.1) is 0 Å². The van der Waals surface area contributed by atoms with E-state index in [1.807, 2.05) is 0 Å². The molecule has 0 fully saturated rings. The Labute approximate surface area is 474 Å². The minimum atomic E-state index is -4.43. The molecule has 14 nitrogen and oxygen atoms in total. The van der Waals surface area contributed by atoms with Crippen molar-refractivity contribution in [3.63, 3.8) is 0 Å². The van der Waals surface area contributed by atoms with Crippen molar-refractivity contribution in [3.8, 4) is 0 Å². The maximum absolute atomic E-state index is 14.5. The van der Waals surface area contributed by atoms with E-state index in [0.717, 1.165) is 6.42 Å². The van der Waals surface area contributed by atoms with Gasteiger partial charge >= 0.3 is 35.5 Å². The Balaban J connectivity index is 8.47. The molecule has 0 aliphatic heterocycles. The average molecular weight is 1320 g/mol. The molecule has 0 saturated heterocycles. The lowest BCUT2D eigenvalue weighted by Crippen LogP contribution is -2.66. The molecule has 0 radical (unpaired) electrons. The zero-order chi connectivity index (χ0) is 59.1. The molecule has 0 aliphatic rings. The summed E-state index contributed by atoms with van der Waals surface area (Å²) in [7, 11) is -42.8. The van der Waals surface area contributed by atoms with Crippen molar-refractivity contribution in [2.75, 3.05) is 0 Å². The van der Waals surface area contributed by atoms with E-state index in [1.54, 1.807) is 0 Å². The van der Waals surface area contributed by atoms with Gasteiger partial charge < -0.3 is 53.8 Å². The molecule has 0 unspecified atom stereocenters. The molecule has 30 heteroatoms. The maximum atomic E-state index is 14.5. The molecule has 0 aromatic carbocycles. The quantitative estimate of drug-likeness (QED) is 0.0546. The summed E-state index contributed by atoms with van der Waals surface area (Å²) in [5.74, 6) is -0.363. The molecule has 0 saturated carbocycles. The molecular weight excluding hydrogens is 1200 g/mol. The van der Waals surface area contributed by atoms with Crippen LogP contribution >= 0.6 is 0 Å². The maximum Gasteiger partial charge on any atom is 0.719 e. The van der Waals surface area contributed by atoms with Crippen LogP contribution in [-0.2, 0) is 58.6 Å². The molecule has 0 amide bonds. The fourth-order valence-corrected chi connectivity index (χ4v) is 72.9. The third kappa shape index (κ3) is 36.8. The highest BCUT2D eigenvalue weighted by atomic mass is 28.5. The summed E-state index contributed by atoms with van der Waals surface area (Å²) in [5, 5.41) is 0. The van der Waals surface area contributed by atoms with Gasteiger partial charge in [-0.05, 0) is 241 Å². The van der Waals surface area contributed by atoms with Crippen molar-refractivity contribution >= 4 is 141 Å². The summed E-state index contributed by atoms with van der Waals surface area (Å²) >= 11 is 0. The van der Waals surface area contributed by atoms with Gasteiger partial charge in [-0.3, -0.25) is 4.79 Å². The number of carbonyl (C=O) groups is 1. The van der Waals surface area contributed by atoms with E-state index in [4.69, 9.17) is 53.8 Å². The lowest BCUT2D eigenvalue weighted by Gasteiger charge is -2.46. The Hall–Kier alpha value is 2.46. The number of hydrogen-bond acceptors (Lipinski definition) is 14. The van der Waals surface area contributed by atoms with Gasteiger partial charge in [0, 0.05) is 24.6 Å². The summed E-state index contributed by atoms with van der Waals surface area (Å²) in [6.45, 7) is 75.2. The molecule has 0 bridgehead atoms. The predicted octanol–water partition coefficient (Wildman–Crippen LogP) is 16.3. The molecule has 0 atom stereocenters. The lowest BCUT2D eigenvalue weighted by atomic mass is 10.3. The molecule has 0 spiro atoms. The van der Waals surface area contributed by atoms with E-state index in [2.05, 4.69) is 223 Å². The van der Waals surface area contributed by atoms with Gasteiger partial charge in [-0.25, -0.2) is 0 Å². The van der Waals surface area contributed by atoms with Crippen molar-refractivity contribution in [2.45, 2.75) is 279 Å². The zero-order valence-electron chi connectivity index (χ0n) is 54.6. The van der Waals surface area contributed by atoms with E-state index in [-0.39, 0.29) is 12.4 Å². The van der Waals surface area contributed by atoms with Crippen molar-refractivity contribution in [1.82, 2.24) is 0 Å². The van der Waals surface area contributed by atoms with Gasteiger partial charge in [0.25, 0.3) is 5.97 Å². The smallest absolute Gasteiger partial charge is 0.453 e. The van der Waals surface area contributed by atoms with Gasteiger partial charge in [-0.1, -0.05) is 13.3 Å². The van der Waals surface area contributed by atoms with E-state index < -0.39 is 135 Å². The Kier molecular flexibility index (Phi) is 28.4. The van der Waals surface area contributed by atoms with Crippen LogP contribution in [0.2, 0.25) is 252 Å².